The number of para-hydroxylation sites is 1. The van der Waals surface area contributed by atoms with E-state index in [0.29, 0.717) is 0 Å². The molecule has 21 heavy (non-hydrogen) atoms. The second-order valence-electron chi connectivity index (χ2n) is 4.27. The standard InChI is InChI=1S/C13H13N3O4S/c14-9-6-5-8(7-11(9)17)13(18)16-10-3-1-2-4-12(10)21(15,19)20/h1-7,17H,14H2,(H,16,18)(H2,15,19,20). The summed E-state index contributed by atoms with van der Waals surface area (Å²) in [7, 11) is -3.96. The van der Waals surface area contributed by atoms with E-state index < -0.39 is 15.9 Å². The second kappa shape index (κ2) is 5.43. The fraction of sp³-hybridized carbons (Fsp3) is 0. The summed E-state index contributed by atoms with van der Waals surface area (Å²) in [5, 5.41) is 17.0. The van der Waals surface area contributed by atoms with Gasteiger partial charge in [0.25, 0.3) is 5.91 Å². The van der Waals surface area contributed by atoms with Gasteiger partial charge in [0.1, 0.15) is 10.6 Å². The molecule has 1 amide bonds. The zero-order valence-electron chi connectivity index (χ0n) is 10.8. The number of primary sulfonamides is 1. The number of nitrogen functional groups attached to an aromatic ring is 1. The number of phenolic OH excluding ortho intramolecular Hbond substituents is 1. The number of hydrogen-bond acceptors (Lipinski definition) is 5. The molecule has 2 aromatic rings. The number of phenols is 1. The zero-order chi connectivity index (χ0) is 15.6. The first-order valence-corrected chi connectivity index (χ1v) is 7.35. The summed E-state index contributed by atoms with van der Waals surface area (Å²) in [4.78, 5) is 11.9. The molecule has 0 aromatic heterocycles. The molecule has 0 heterocycles. The van der Waals surface area contributed by atoms with Gasteiger partial charge in [-0.25, -0.2) is 13.6 Å². The number of aromatic hydroxyl groups is 1. The van der Waals surface area contributed by atoms with Crippen molar-refractivity contribution < 1.29 is 18.3 Å². The van der Waals surface area contributed by atoms with Gasteiger partial charge < -0.3 is 16.2 Å². The molecule has 7 nitrogen and oxygen atoms in total. The van der Waals surface area contributed by atoms with Gasteiger partial charge in [0.2, 0.25) is 10.0 Å². The van der Waals surface area contributed by atoms with Crippen LogP contribution in [-0.4, -0.2) is 19.4 Å². The SMILES string of the molecule is Nc1ccc(C(=O)Nc2ccccc2S(N)(=O)=O)cc1O. The lowest BCUT2D eigenvalue weighted by atomic mass is 10.1. The van der Waals surface area contributed by atoms with Crippen LogP contribution in [-0.2, 0) is 10.0 Å². The van der Waals surface area contributed by atoms with Gasteiger partial charge in [0.15, 0.2) is 0 Å². The first-order chi connectivity index (χ1) is 9.79. The van der Waals surface area contributed by atoms with Crippen molar-refractivity contribution in [3.63, 3.8) is 0 Å². The molecule has 2 rings (SSSR count). The summed E-state index contributed by atoms with van der Waals surface area (Å²) in [6, 6.07) is 9.71. The molecule has 0 radical (unpaired) electrons. The van der Waals surface area contributed by atoms with Gasteiger partial charge in [-0.05, 0) is 30.3 Å². The Morgan fingerprint density at radius 2 is 1.81 bits per heavy atom. The van der Waals surface area contributed by atoms with Crippen LogP contribution in [0.4, 0.5) is 11.4 Å². The maximum absolute atomic E-state index is 12.1. The molecule has 0 saturated carbocycles. The Kier molecular flexibility index (Phi) is 3.83. The predicted molar refractivity (Wildman–Crippen MR) is 78.3 cm³/mol. The van der Waals surface area contributed by atoms with Crippen LogP contribution < -0.4 is 16.2 Å². The molecule has 6 N–H and O–H groups in total. The summed E-state index contributed by atoms with van der Waals surface area (Å²) in [6.07, 6.45) is 0. The van der Waals surface area contributed by atoms with E-state index in [4.69, 9.17) is 10.9 Å². The summed E-state index contributed by atoms with van der Waals surface area (Å²) in [5.74, 6) is -0.830. The molecule has 0 aliphatic rings. The normalized spacial score (nSPS) is 11.1. The lowest BCUT2D eigenvalue weighted by molar-refractivity contribution is 0.102. The molecule has 0 bridgehead atoms. The van der Waals surface area contributed by atoms with Crippen LogP contribution in [0.15, 0.2) is 47.4 Å². The van der Waals surface area contributed by atoms with E-state index in [-0.39, 0.29) is 27.6 Å². The summed E-state index contributed by atoms with van der Waals surface area (Å²) >= 11 is 0. The van der Waals surface area contributed by atoms with E-state index in [1.54, 1.807) is 6.07 Å². The van der Waals surface area contributed by atoms with Crippen LogP contribution in [0.25, 0.3) is 0 Å². The molecule has 0 saturated heterocycles. The number of nitrogens with one attached hydrogen (secondary N) is 1. The third kappa shape index (κ3) is 3.30. The van der Waals surface area contributed by atoms with Gasteiger partial charge in [-0.1, -0.05) is 12.1 Å². The molecule has 0 unspecified atom stereocenters. The lowest BCUT2D eigenvalue weighted by Crippen LogP contribution is -2.18. The summed E-state index contributed by atoms with van der Waals surface area (Å²) in [5.41, 5.74) is 5.77. The molecule has 110 valence electrons. The average Bonchev–Trinajstić information content (AvgIpc) is 2.41. The Labute approximate surface area is 121 Å². The van der Waals surface area contributed by atoms with E-state index in [9.17, 15) is 18.3 Å². The molecule has 0 aliphatic heterocycles. The van der Waals surface area contributed by atoms with Crippen molar-refractivity contribution in [3.8, 4) is 5.75 Å². The Morgan fingerprint density at radius 3 is 2.43 bits per heavy atom. The number of rotatable bonds is 3. The number of anilines is 2. The van der Waals surface area contributed by atoms with Crippen LogP contribution in [0, 0.1) is 0 Å². The number of carbonyl (C=O) groups is 1. The molecule has 0 spiro atoms. The Morgan fingerprint density at radius 1 is 1.14 bits per heavy atom. The van der Waals surface area contributed by atoms with Crippen LogP contribution in [0.1, 0.15) is 10.4 Å². The van der Waals surface area contributed by atoms with Crippen molar-refractivity contribution in [2.24, 2.45) is 5.14 Å². The molecule has 0 aliphatic carbocycles. The minimum Gasteiger partial charge on any atom is -0.506 e. The average molecular weight is 307 g/mol. The fourth-order valence-electron chi connectivity index (χ4n) is 1.70. The Bertz CT molecular complexity index is 803. The van der Waals surface area contributed by atoms with E-state index in [0.717, 1.165) is 0 Å². The largest absolute Gasteiger partial charge is 0.506 e. The Balaban J connectivity index is 2.34. The topological polar surface area (TPSA) is 136 Å². The van der Waals surface area contributed by atoms with Crippen molar-refractivity contribution >= 4 is 27.3 Å². The van der Waals surface area contributed by atoms with Crippen molar-refractivity contribution in [2.45, 2.75) is 4.90 Å². The molecule has 2 aromatic carbocycles. The van der Waals surface area contributed by atoms with Crippen LogP contribution in [0.3, 0.4) is 0 Å². The van der Waals surface area contributed by atoms with Crippen molar-refractivity contribution in [1.82, 2.24) is 0 Å². The van der Waals surface area contributed by atoms with Crippen LogP contribution >= 0.6 is 0 Å². The highest BCUT2D eigenvalue weighted by Gasteiger charge is 2.16. The van der Waals surface area contributed by atoms with Gasteiger partial charge in [-0.2, -0.15) is 0 Å². The monoisotopic (exact) mass is 307 g/mol. The van der Waals surface area contributed by atoms with E-state index in [1.807, 2.05) is 0 Å². The first kappa shape index (κ1) is 14.8. The molecular formula is C13H13N3O4S. The minimum absolute atomic E-state index is 0.0568. The van der Waals surface area contributed by atoms with Gasteiger partial charge in [0.05, 0.1) is 11.4 Å². The van der Waals surface area contributed by atoms with Crippen molar-refractivity contribution in [2.75, 3.05) is 11.1 Å². The smallest absolute Gasteiger partial charge is 0.255 e. The maximum Gasteiger partial charge on any atom is 0.255 e. The van der Waals surface area contributed by atoms with E-state index in [2.05, 4.69) is 5.32 Å². The number of hydrogen-bond donors (Lipinski definition) is 4. The summed E-state index contributed by atoms with van der Waals surface area (Å²) < 4.78 is 22.9. The van der Waals surface area contributed by atoms with Gasteiger partial charge in [-0.3, -0.25) is 4.79 Å². The highest BCUT2D eigenvalue weighted by atomic mass is 32.2. The number of amides is 1. The van der Waals surface area contributed by atoms with Gasteiger partial charge >= 0.3 is 0 Å². The third-order valence-corrected chi connectivity index (χ3v) is 3.70. The van der Waals surface area contributed by atoms with E-state index in [1.165, 1.54) is 36.4 Å². The third-order valence-electron chi connectivity index (χ3n) is 2.73. The highest BCUT2D eigenvalue weighted by Crippen LogP contribution is 2.23. The van der Waals surface area contributed by atoms with Crippen LogP contribution in [0.2, 0.25) is 0 Å². The number of benzene rings is 2. The van der Waals surface area contributed by atoms with Gasteiger partial charge in [-0.15, -0.1) is 0 Å². The molecule has 8 heteroatoms. The Hall–Kier alpha value is -2.58. The number of carbonyl (C=O) groups excluding carboxylic acids is 1. The number of sulfonamides is 1. The first-order valence-electron chi connectivity index (χ1n) is 5.80. The van der Waals surface area contributed by atoms with Crippen molar-refractivity contribution in [3.05, 3.63) is 48.0 Å². The molecule has 0 atom stereocenters. The van der Waals surface area contributed by atoms with Gasteiger partial charge in [0, 0.05) is 5.56 Å². The fourth-order valence-corrected chi connectivity index (χ4v) is 2.39. The maximum atomic E-state index is 12.1. The van der Waals surface area contributed by atoms with Crippen molar-refractivity contribution in [1.29, 1.82) is 0 Å². The van der Waals surface area contributed by atoms with E-state index >= 15 is 0 Å². The second-order valence-corrected chi connectivity index (χ2v) is 5.80. The molecule has 0 fully saturated rings. The zero-order valence-corrected chi connectivity index (χ0v) is 11.6. The summed E-state index contributed by atoms with van der Waals surface area (Å²) in [6.45, 7) is 0. The van der Waals surface area contributed by atoms with Crippen LogP contribution in [0.5, 0.6) is 5.75 Å². The minimum atomic E-state index is -3.96. The molecular weight excluding hydrogens is 294 g/mol. The quantitative estimate of drug-likeness (QED) is 0.493. The predicted octanol–water partition coefficient (Wildman–Crippen LogP) is 0.874. The lowest BCUT2D eigenvalue weighted by Gasteiger charge is -2.10. The number of nitrogens with two attached hydrogens (primary N) is 2. The highest BCUT2D eigenvalue weighted by molar-refractivity contribution is 7.89.